The normalized spacial score (nSPS) is 24.2. The summed E-state index contributed by atoms with van der Waals surface area (Å²) in [6, 6.07) is 0. The van der Waals surface area contributed by atoms with E-state index in [0.717, 1.165) is 12.4 Å². The Morgan fingerprint density at radius 1 is 1.75 bits per heavy atom. The van der Waals surface area contributed by atoms with Crippen molar-refractivity contribution in [3.8, 4) is 0 Å². The van der Waals surface area contributed by atoms with E-state index >= 15 is 0 Å². The van der Waals surface area contributed by atoms with E-state index in [1.54, 1.807) is 24.8 Å². The van der Waals surface area contributed by atoms with Crippen molar-refractivity contribution < 1.29 is 14.3 Å². The third-order valence-corrected chi connectivity index (χ3v) is 2.34. The summed E-state index contributed by atoms with van der Waals surface area (Å²) >= 11 is 1.62. The van der Waals surface area contributed by atoms with E-state index in [1.807, 2.05) is 0 Å². The number of hydrogen-bond donors (Lipinski definition) is 0. The summed E-state index contributed by atoms with van der Waals surface area (Å²) in [5.41, 5.74) is -0.123. The van der Waals surface area contributed by atoms with Gasteiger partial charge in [-0.25, -0.2) is 4.79 Å². The lowest BCUT2D eigenvalue weighted by atomic mass is 10.5. The molecule has 3 nitrogen and oxygen atoms in total. The zero-order chi connectivity index (χ0) is 8.81. The number of carbonyl (C=O) groups is 1. The third-order valence-electron chi connectivity index (χ3n) is 1.34. The lowest BCUT2D eigenvalue weighted by molar-refractivity contribution is -0.141. The SMILES string of the molecule is C/C=C\C(=O)OC1COCCS1. The summed E-state index contributed by atoms with van der Waals surface area (Å²) in [6.45, 7) is 3.04. The molecule has 0 aliphatic carbocycles. The average Bonchev–Trinajstić information content (AvgIpc) is 2.06. The molecule has 0 aromatic rings. The van der Waals surface area contributed by atoms with E-state index in [2.05, 4.69) is 0 Å². The summed E-state index contributed by atoms with van der Waals surface area (Å²) in [4.78, 5) is 10.9. The molecule has 0 aromatic heterocycles. The minimum absolute atomic E-state index is 0.123. The van der Waals surface area contributed by atoms with Gasteiger partial charge in [-0.1, -0.05) is 6.08 Å². The quantitative estimate of drug-likeness (QED) is 0.482. The van der Waals surface area contributed by atoms with Gasteiger partial charge in [0.2, 0.25) is 0 Å². The van der Waals surface area contributed by atoms with Crippen LogP contribution >= 0.6 is 11.8 Å². The fourth-order valence-electron chi connectivity index (χ4n) is 0.839. The Bertz CT molecular complexity index is 173. The van der Waals surface area contributed by atoms with Gasteiger partial charge in [-0.15, -0.1) is 11.8 Å². The molecule has 0 bridgehead atoms. The molecular weight excluding hydrogens is 176 g/mol. The Kier molecular flexibility index (Phi) is 4.18. The first-order valence-electron chi connectivity index (χ1n) is 3.85. The predicted octanol–water partition coefficient (Wildman–Crippen LogP) is 1.20. The molecule has 1 saturated heterocycles. The lowest BCUT2D eigenvalue weighted by Gasteiger charge is -2.20. The maximum atomic E-state index is 10.9. The second-order valence-electron chi connectivity index (χ2n) is 2.31. The number of allylic oxidation sites excluding steroid dienone is 1. The van der Waals surface area contributed by atoms with Crippen molar-refractivity contribution in [2.24, 2.45) is 0 Å². The highest BCUT2D eigenvalue weighted by atomic mass is 32.2. The van der Waals surface area contributed by atoms with E-state index in [-0.39, 0.29) is 11.4 Å². The molecule has 1 heterocycles. The van der Waals surface area contributed by atoms with Crippen molar-refractivity contribution in [2.45, 2.75) is 12.4 Å². The van der Waals surface area contributed by atoms with Gasteiger partial charge >= 0.3 is 5.97 Å². The van der Waals surface area contributed by atoms with Crippen LogP contribution in [0.25, 0.3) is 0 Å². The van der Waals surface area contributed by atoms with Gasteiger partial charge in [0.05, 0.1) is 13.2 Å². The fourth-order valence-corrected chi connectivity index (χ4v) is 1.67. The number of esters is 1. The minimum atomic E-state index is -0.291. The molecule has 12 heavy (non-hydrogen) atoms. The summed E-state index contributed by atoms with van der Waals surface area (Å²) in [5, 5.41) is 0. The van der Waals surface area contributed by atoms with Crippen molar-refractivity contribution in [3.63, 3.8) is 0 Å². The maximum absolute atomic E-state index is 10.9. The highest BCUT2D eigenvalue weighted by molar-refractivity contribution is 7.99. The van der Waals surface area contributed by atoms with Gasteiger partial charge in [0.25, 0.3) is 0 Å². The summed E-state index contributed by atoms with van der Waals surface area (Å²) < 4.78 is 10.2. The molecule has 68 valence electrons. The van der Waals surface area contributed by atoms with E-state index in [4.69, 9.17) is 9.47 Å². The van der Waals surface area contributed by atoms with E-state index in [9.17, 15) is 4.79 Å². The zero-order valence-electron chi connectivity index (χ0n) is 6.99. The maximum Gasteiger partial charge on any atom is 0.331 e. The van der Waals surface area contributed by atoms with Gasteiger partial charge in [0.1, 0.15) is 0 Å². The average molecular weight is 188 g/mol. The molecule has 0 N–H and O–H groups in total. The van der Waals surface area contributed by atoms with Crippen LogP contribution < -0.4 is 0 Å². The molecule has 0 saturated carbocycles. The summed E-state index contributed by atoms with van der Waals surface area (Å²) in [7, 11) is 0. The third kappa shape index (κ3) is 3.28. The van der Waals surface area contributed by atoms with Crippen molar-refractivity contribution in [2.75, 3.05) is 19.0 Å². The second-order valence-corrected chi connectivity index (χ2v) is 3.58. The van der Waals surface area contributed by atoms with Gasteiger partial charge in [0, 0.05) is 11.8 Å². The van der Waals surface area contributed by atoms with Crippen LogP contribution in [0.3, 0.4) is 0 Å². The first-order valence-corrected chi connectivity index (χ1v) is 4.90. The van der Waals surface area contributed by atoms with E-state index in [0.29, 0.717) is 6.61 Å². The zero-order valence-corrected chi connectivity index (χ0v) is 7.80. The molecular formula is C8H12O3S. The van der Waals surface area contributed by atoms with Gasteiger partial charge in [-0.3, -0.25) is 0 Å². The van der Waals surface area contributed by atoms with Crippen molar-refractivity contribution in [1.82, 2.24) is 0 Å². The Morgan fingerprint density at radius 3 is 3.17 bits per heavy atom. The van der Waals surface area contributed by atoms with Gasteiger partial charge in [-0.2, -0.15) is 0 Å². The summed E-state index contributed by atoms with van der Waals surface area (Å²) in [6.07, 6.45) is 3.08. The van der Waals surface area contributed by atoms with Crippen LogP contribution in [0.15, 0.2) is 12.2 Å². The predicted molar refractivity (Wildman–Crippen MR) is 48.0 cm³/mol. The summed E-state index contributed by atoms with van der Waals surface area (Å²) in [5.74, 6) is 0.605. The smallest absolute Gasteiger partial charge is 0.331 e. The Morgan fingerprint density at radius 2 is 2.58 bits per heavy atom. The van der Waals surface area contributed by atoms with Crippen LogP contribution in [-0.4, -0.2) is 30.4 Å². The minimum Gasteiger partial charge on any atom is -0.446 e. The van der Waals surface area contributed by atoms with Crippen LogP contribution in [0, 0.1) is 0 Å². The fraction of sp³-hybridized carbons (Fsp3) is 0.625. The number of thioether (sulfide) groups is 1. The lowest BCUT2D eigenvalue weighted by Crippen LogP contribution is -2.25. The Hall–Kier alpha value is -0.480. The monoisotopic (exact) mass is 188 g/mol. The van der Waals surface area contributed by atoms with Crippen molar-refractivity contribution in [3.05, 3.63) is 12.2 Å². The second kappa shape index (κ2) is 5.22. The molecule has 0 aromatic carbocycles. The topological polar surface area (TPSA) is 35.5 Å². The van der Waals surface area contributed by atoms with Crippen LogP contribution in [0.1, 0.15) is 6.92 Å². The van der Waals surface area contributed by atoms with Crippen LogP contribution in [0.5, 0.6) is 0 Å². The van der Waals surface area contributed by atoms with Crippen LogP contribution in [0.2, 0.25) is 0 Å². The first-order chi connectivity index (χ1) is 5.83. The Labute approximate surface area is 76.1 Å². The highest BCUT2D eigenvalue weighted by Gasteiger charge is 2.16. The molecule has 0 spiro atoms. The van der Waals surface area contributed by atoms with E-state index in [1.165, 1.54) is 6.08 Å². The van der Waals surface area contributed by atoms with Gasteiger partial charge in [-0.05, 0) is 6.92 Å². The molecule has 1 atom stereocenters. The number of ether oxygens (including phenoxy) is 2. The standard InChI is InChI=1S/C8H12O3S/c1-2-3-7(9)11-8-6-10-4-5-12-8/h2-3,8H,4-6H2,1H3/b3-2-. The molecule has 0 amide bonds. The molecule has 0 radical (unpaired) electrons. The molecule has 1 aliphatic heterocycles. The van der Waals surface area contributed by atoms with Crippen molar-refractivity contribution in [1.29, 1.82) is 0 Å². The molecule has 1 rings (SSSR count). The van der Waals surface area contributed by atoms with E-state index < -0.39 is 0 Å². The highest BCUT2D eigenvalue weighted by Crippen LogP contribution is 2.17. The van der Waals surface area contributed by atoms with Crippen molar-refractivity contribution >= 4 is 17.7 Å². The van der Waals surface area contributed by atoms with Crippen LogP contribution in [0.4, 0.5) is 0 Å². The first kappa shape index (κ1) is 9.61. The number of hydrogen-bond acceptors (Lipinski definition) is 4. The number of rotatable bonds is 2. The Balaban J connectivity index is 2.24. The number of carbonyl (C=O) groups excluding carboxylic acids is 1. The molecule has 1 fully saturated rings. The molecule has 4 heteroatoms. The van der Waals surface area contributed by atoms with Gasteiger partial charge in [0.15, 0.2) is 5.44 Å². The largest absolute Gasteiger partial charge is 0.446 e. The van der Waals surface area contributed by atoms with Gasteiger partial charge < -0.3 is 9.47 Å². The van der Waals surface area contributed by atoms with Crippen LogP contribution in [-0.2, 0) is 14.3 Å². The molecule has 1 aliphatic rings. The molecule has 1 unspecified atom stereocenters.